The fraction of sp³-hybridized carbons (Fsp3) is 0.435. The third kappa shape index (κ3) is 6.48. The van der Waals surface area contributed by atoms with Crippen LogP contribution in [0.3, 0.4) is 0 Å². The van der Waals surface area contributed by atoms with Crippen molar-refractivity contribution in [3.8, 4) is 11.5 Å². The minimum atomic E-state index is -0.155. The maximum atomic E-state index is 12.9. The van der Waals surface area contributed by atoms with Gasteiger partial charge in [-0.05, 0) is 42.9 Å². The molecule has 0 aliphatic heterocycles. The van der Waals surface area contributed by atoms with Gasteiger partial charge in [-0.1, -0.05) is 38.1 Å². The molecule has 1 amide bonds. The Labute approximate surface area is 173 Å². The second-order valence-electron chi connectivity index (χ2n) is 6.56. The van der Waals surface area contributed by atoms with E-state index >= 15 is 0 Å². The van der Waals surface area contributed by atoms with E-state index in [-0.39, 0.29) is 11.9 Å². The highest BCUT2D eigenvalue weighted by Gasteiger charge is 2.21. The summed E-state index contributed by atoms with van der Waals surface area (Å²) in [5.74, 6) is 1.21. The van der Waals surface area contributed by atoms with E-state index in [1.807, 2.05) is 30.3 Å². The van der Waals surface area contributed by atoms with Gasteiger partial charge in [-0.15, -0.1) is 0 Å². The average molecular weight is 401 g/mol. The second-order valence-corrected chi connectivity index (χ2v) is 6.56. The summed E-state index contributed by atoms with van der Waals surface area (Å²) in [6.45, 7) is 7.35. The Bertz CT molecular complexity index is 762. The summed E-state index contributed by atoms with van der Waals surface area (Å²) in [6, 6.07) is 15.3. The van der Waals surface area contributed by atoms with Crippen molar-refractivity contribution in [1.29, 1.82) is 0 Å². The molecule has 0 aliphatic rings. The van der Waals surface area contributed by atoms with E-state index in [2.05, 4.69) is 30.1 Å². The lowest BCUT2D eigenvalue weighted by atomic mass is 10.0. The van der Waals surface area contributed by atoms with Gasteiger partial charge < -0.3 is 19.5 Å². The highest BCUT2D eigenvalue weighted by molar-refractivity contribution is 5.96. The molecule has 6 heteroatoms. The van der Waals surface area contributed by atoms with Crippen molar-refractivity contribution in [1.82, 2.24) is 10.2 Å². The Hall–Kier alpha value is -2.57. The summed E-state index contributed by atoms with van der Waals surface area (Å²) < 4.78 is 16.1. The highest BCUT2D eigenvalue weighted by atomic mass is 16.5. The van der Waals surface area contributed by atoms with Gasteiger partial charge in [0.2, 0.25) is 0 Å². The van der Waals surface area contributed by atoms with Gasteiger partial charge in [-0.3, -0.25) is 9.69 Å². The number of nitrogens with zero attached hydrogens (tertiary/aromatic N) is 1. The van der Waals surface area contributed by atoms with E-state index in [9.17, 15) is 4.79 Å². The Morgan fingerprint density at radius 3 is 2.48 bits per heavy atom. The van der Waals surface area contributed by atoms with Gasteiger partial charge in [-0.25, -0.2) is 0 Å². The number of hydrogen-bond donors (Lipinski definition) is 1. The van der Waals surface area contributed by atoms with Crippen LogP contribution in [-0.4, -0.2) is 57.9 Å². The molecule has 158 valence electrons. The average Bonchev–Trinajstić information content (AvgIpc) is 2.77. The summed E-state index contributed by atoms with van der Waals surface area (Å²) in [6.07, 6.45) is 0. The zero-order valence-electron chi connectivity index (χ0n) is 17.8. The number of hydrogen-bond acceptors (Lipinski definition) is 5. The Morgan fingerprint density at radius 2 is 1.79 bits per heavy atom. The van der Waals surface area contributed by atoms with Crippen molar-refractivity contribution in [2.45, 2.75) is 19.9 Å². The molecule has 0 radical (unpaired) electrons. The first kappa shape index (κ1) is 22.7. The first-order chi connectivity index (χ1) is 14.1. The molecule has 2 rings (SSSR count). The molecule has 0 saturated heterocycles. The van der Waals surface area contributed by atoms with Gasteiger partial charge in [0.15, 0.2) is 0 Å². The van der Waals surface area contributed by atoms with E-state index in [1.54, 1.807) is 26.4 Å². The van der Waals surface area contributed by atoms with Crippen molar-refractivity contribution < 1.29 is 19.0 Å². The summed E-state index contributed by atoms with van der Waals surface area (Å²) in [5, 5.41) is 3.08. The van der Waals surface area contributed by atoms with Crippen molar-refractivity contribution in [2.75, 3.05) is 47.1 Å². The molecule has 2 aromatic rings. The van der Waals surface area contributed by atoms with E-state index in [0.717, 1.165) is 24.4 Å². The molecule has 0 bridgehead atoms. The Kier molecular flexibility index (Phi) is 9.47. The maximum absolute atomic E-state index is 12.9. The molecule has 0 fully saturated rings. The molecular weight excluding hydrogens is 368 g/mol. The van der Waals surface area contributed by atoms with Crippen molar-refractivity contribution in [2.24, 2.45) is 0 Å². The smallest absolute Gasteiger partial charge is 0.255 e. The van der Waals surface area contributed by atoms with E-state index in [4.69, 9.17) is 14.2 Å². The number of amides is 1. The number of ether oxygens (including phenoxy) is 3. The van der Waals surface area contributed by atoms with Gasteiger partial charge >= 0.3 is 0 Å². The lowest BCUT2D eigenvalue weighted by molar-refractivity contribution is 0.0927. The number of methoxy groups -OCH3 is 2. The van der Waals surface area contributed by atoms with Gasteiger partial charge in [0.25, 0.3) is 5.91 Å². The highest BCUT2D eigenvalue weighted by Crippen LogP contribution is 2.24. The first-order valence-corrected chi connectivity index (χ1v) is 10.0. The molecule has 1 N–H and O–H groups in total. The summed E-state index contributed by atoms with van der Waals surface area (Å²) >= 11 is 0. The van der Waals surface area contributed by atoms with E-state index in [1.165, 1.54) is 0 Å². The van der Waals surface area contributed by atoms with Crippen LogP contribution in [0.4, 0.5) is 0 Å². The zero-order valence-corrected chi connectivity index (χ0v) is 17.8. The van der Waals surface area contributed by atoms with E-state index < -0.39 is 0 Å². The molecule has 0 aliphatic carbocycles. The lowest BCUT2D eigenvalue weighted by Crippen LogP contribution is -2.38. The SMILES string of the molecule is CCN(CC)C(CNC(=O)c1ccccc1OCCOC)c1cccc(OC)c1. The maximum Gasteiger partial charge on any atom is 0.255 e. The van der Waals surface area contributed by atoms with Gasteiger partial charge in [0.05, 0.1) is 25.3 Å². The lowest BCUT2D eigenvalue weighted by Gasteiger charge is -2.30. The fourth-order valence-corrected chi connectivity index (χ4v) is 3.27. The topological polar surface area (TPSA) is 60.0 Å². The molecule has 1 unspecified atom stereocenters. The number of carbonyl (C=O) groups excluding carboxylic acids is 1. The molecule has 0 aromatic heterocycles. The van der Waals surface area contributed by atoms with Gasteiger partial charge in [0, 0.05) is 13.7 Å². The molecule has 2 aromatic carbocycles. The normalized spacial score (nSPS) is 11.9. The molecule has 0 spiro atoms. The largest absolute Gasteiger partial charge is 0.497 e. The van der Waals surface area contributed by atoms with Crippen LogP contribution in [-0.2, 0) is 4.74 Å². The van der Waals surface area contributed by atoms with Crippen LogP contribution in [0.25, 0.3) is 0 Å². The third-order valence-electron chi connectivity index (χ3n) is 4.86. The summed E-state index contributed by atoms with van der Waals surface area (Å²) in [7, 11) is 3.28. The Balaban J connectivity index is 2.15. The number of para-hydroxylation sites is 1. The molecule has 6 nitrogen and oxygen atoms in total. The minimum Gasteiger partial charge on any atom is -0.497 e. The van der Waals surface area contributed by atoms with Crippen LogP contribution in [0, 0.1) is 0 Å². The quantitative estimate of drug-likeness (QED) is 0.552. The first-order valence-electron chi connectivity index (χ1n) is 10.0. The fourth-order valence-electron chi connectivity index (χ4n) is 3.27. The standard InChI is InChI=1S/C23H32N2O4/c1-5-25(6-2)21(18-10-9-11-19(16-18)28-4)17-24-23(26)20-12-7-8-13-22(20)29-15-14-27-3/h7-13,16,21H,5-6,14-15,17H2,1-4H3,(H,24,26). The van der Waals surface area contributed by atoms with Crippen LogP contribution < -0.4 is 14.8 Å². The Morgan fingerprint density at radius 1 is 1.03 bits per heavy atom. The second kappa shape index (κ2) is 12.1. The van der Waals surface area contributed by atoms with Crippen LogP contribution >= 0.6 is 0 Å². The molecule has 1 atom stereocenters. The number of nitrogens with one attached hydrogen (secondary N) is 1. The minimum absolute atomic E-state index is 0.0469. The monoisotopic (exact) mass is 400 g/mol. The summed E-state index contributed by atoms with van der Waals surface area (Å²) in [4.78, 5) is 15.2. The predicted molar refractivity (Wildman–Crippen MR) is 115 cm³/mol. The summed E-state index contributed by atoms with van der Waals surface area (Å²) in [5.41, 5.74) is 1.63. The van der Waals surface area contributed by atoms with E-state index in [0.29, 0.717) is 31.1 Å². The molecular formula is C23H32N2O4. The number of benzene rings is 2. The number of carbonyl (C=O) groups is 1. The van der Waals surface area contributed by atoms with Crippen molar-refractivity contribution in [3.63, 3.8) is 0 Å². The predicted octanol–water partition coefficient (Wildman–Crippen LogP) is 3.53. The molecule has 0 saturated carbocycles. The van der Waals surface area contributed by atoms with Crippen LogP contribution in [0.5, 0.6) is 11.5 Å². The number of rotatable bonds is 12. The van der Waals surface area contributed by atoms with Gasteiger partial charge in [0.1, 0.15) is 18.1 Å². The third-order valence-corrected chi connectivity index (χ3v) is 4.86. The van der Waals surface area contributed by atoms with Crippen LogP contribution in [0.15, 0.2) is 48.5 Å². The molecule has 29 heavy (non-hydrogen) atoms. The van der Waals surface area contributed by atoms with Crippen LogP contribution in [0.2, 0.25) is 0 Å². The number of likely N-dealkylation sites (N-methyl/N-ethyl adjacent to an activating group) is 1. The van der Waals surface area contributed by atoms with Crippen molar-refractivity contribution in [3.05, 3.63) is 59.7 Å². The van der Waals surface area contributed by atoms with Gasteiger partial charge in [-0.2, -0.15) is 0 Å². The van der Waals surface area contributed by atoms with Crippen LogP contribution in [0.1, 0.15) is 35.8 Å². The molecule has 0 heterocycles. The zero-order chi connectivity index (χ0) is 21.1. The van der Waals surface area contributed by atoms with Crippen molar-refractivity contribution >= 4 is 5.91 Å².